The van der Waals surface area contributed by atoms with E-state index in [-0.39, 0.29) is 5.75 Å². The first-order valence-electron chi connectivity index (χ1n) is 8.78. The number of hydrogen-bond acceptors (Lipinski definition) is 8. The van der Waals surface area contributed by atoms with E-state index in [1.807, 2.05) is 24.3 Å². The van der Waals surface area contributed by atoms with Gasteiger partial charge in [-0.25, -0.2) is 5.10 Å². The number of carbonyl (C=O) groups is 1. The molecule has 0 spiro atoms. The third-order valence-electron chi connectivity index (χ3n) is 4.05. The van der Waals surface area contributed by atoms with Crippen molar-refractivity contribution < 1.29 is 23.7 Å². The van der Waals surface area contributed by atoms with Crippen LogP contribution in [0.3, 0.4) is 0 Å². The van der Waals surface area contributed by atoms with Crippen LogP contribution >= 0.6 is 12.2 Å². The Bertz CT molecular complexity index is 1130. The van der Waals surface area contributed by atoms with E-state index in [1.165, 1.54) is 25.8 Å². The number of ether oxygens (including phenoxy) is 4. The highest BCUT2D eigenvalue weighted by Crippen LogP contribution is 2.38. The summed E-state index contributed by atoms with van der Waals surface area (Å²) in [5.41, 5.74) is 1.36. The molecule has 0 bridgehead atoms. The van der Waals surface area contributed by atoms with E-state index in [0.29, 0.717) is 33.4 Å². The highest BCUT2D eigenvalue weighted by molar-refractivity contribution is 7.71. The molecule has 1 heterocycles. The normalized spacial score (nSPS) is 10.8. The Morgan fingerprint density at radius 3 is 2.33 bits per heavy atom. The highest BCUT2D eigenvalue weighted by atomic mass is 32.1. The second-order valence-corrected chi connectivity index (χ2v) is 6.34. The van der Waals surface area contributed by atoms with Crippen LogP contribution in [0.4, 0.5) is 0 Å². The van der Waals surface area contributed by atoms with Crippen LogP contribution in [-0.2, 0) is 4.79 Å². The monoisotopic (exact) mass is 428 g/mol. The molecule has 0 atom stereocenters. The molecule has 0 unspecified atom stereocenters. The van der Waals surface area contributed by atoms with Crippen molar-refractivity contribution in [3.63, 3.8) is 0 Å². The second-order valence-electron chi connectivity index (χ2n) is 5.96. The van der Waals surface area contributed by atoms with E-state index in [2.05, 4.69) is 15.3 Å². The van der Waals surface area contributed by atoms with Crippen molar-refractivity contribution in [2.45, 2.75) is 6.92 Å². The lowest BCUT2D eigenvalue weighted by Gasteiger charge is -2.13. The zero-order chi connectivity index (χ0) is 21.7. The number of para-hydroxylation sites is 1. The van der Waals surface area contributed by atoms with Crippen LogP contribution in [0, 0.1) is 4.77 Å². The number of rotatable bonds is 7. The predicted octanol–water partition coefficient (Wildman–Crippen LogP) is 3.44. The van der Waals surface area contributed by atoms with Gasteiger partial charge in [0.05, 0.1) is 33.1 Å². The minimum Gasteiger partial charge on any atom is -0.496 e. The Morgan fingerprint density at radius 2 is 1.73 bits per heavy atom. The molecule has 0 amide bonds. The number of carbonyl (C=O) groups excluding carboxylic acids is 1. The molecule has 9 nitrogen and oxygen atoms in total. The number of esters is 1. The van der Waals surface area contributed by atoms with Crippen molar-refractivity contribution in [3.8, 4) is 34.4 Å². The number of nitrogens with one attached hydrogen (secondary N) is 1. The number of H-pyrrole nitrogens is 1. The Kier molecular flexibility index (Phi) is 6.48. The van der Waals surface area contributed by atoms with Crippen LogP contribution in [0.1, 0.15) is 12.5 Å². The van der Waals surface area contributed by atoms with Crippen LogP contribution < -0.4 is 18.9 Å². The summed E-state index contributed by atoms with van der Waals surface area (Å²) in [6.45, 7) is 1.30. The number of hydrogen-bond donors (Lipinski definition) is 1. The molecule has 2 aromatic carbocycles. The molecule has 1 aromatic heterocycles. The van der Waals surface area contributed by atoms with Crippen molar-refractivity contribution in [1.29, 1.82) is 0 Å². The summed E-state index contributed by atoms with van der Waals surface area (Å²) in [5.74, 6) is 1.48. The molecular weight excluding hydrogens is 408 g/mol. The molecule has 10 heteroatoms. The molecule has 30 heavy (non-hydrogen) atoms. The largest absolute Gasteiger partial charge is 0.496 e. The van der Waals surface area contributed by atoms with Crippen LogP contribution in [0.15, 0.2) is 41.5 Å². The van der Waals surface area contributed by atoms with E-state index in [9.17, 15) is 4.79 Å². The molecule has 0 aliphatic carbocycles. The van der Waals surface area contributed by atoms with Gasteiger partial charge < -0.3 is 18.9 Å². The fourth-order valence-electron chi connectivity index (χ4n) is 2.75. The summed E-state index contributed by atoms with van der Waals surface area (Å²) in [5, 5.41) is 11.5. The van der Waals surface area contributed by atoms with Gasteiger partial charge in [-0.15, -0.1) is 0 Å². The van der Waals surface area contributed by atoms with Crippen LogP contribution in [0.2, 0.25) is 0 Å². The standard InChI is InChI=1S/C20H20N4O5S/c1-12(25)29-18-16(27-3)9-13(10-17(18)28-4)11-21-24-19(22-23-20(24)30)14-7-5-6-8-15(14)26-2/h5-11H,1-4H3,(H,23,30). The summed E-state index contributed by atoms with van der Waals surface area (Å²) >= 11 is 5.32. The Labute approximate surface area is 177 Å². The van der Waals surface area contributed by atoms with Gasteiger partial charge in [0, 0.05) is 12.5 Å². The molecule has 3 aromatic rings. The van der Waals surface area contributed by atoms with Gasteiger partial charge in [-0.05, 0) is 36.5 Å². The van der Waals surface area contributed by atoms with E-state index >= 15 is 0 Å². The average Bonchev–Trinajstić information content (AvgIpc) is 3.12. The van der Waals surface area contributed by atoms with Crippen LogP contribution in [-0.4, -0.2) is 48.4 Å². The lowest BCUT2D eigenvalue weighted by atomic mass is 10.2. The third-order valence-corrected chi connectivity index (χ3v) is 4.31. The van der Waals surface area contributed by atoms with Gasteiger partial charge in [0.25, 0.3) is 0 Å². The Balaban J connectivity index is 2.04. The quantitative estimate of drug-likeness (QED) is 0.266. The third kappa shape index (κ3) is 4.33. The maximum absolute atomic E-state index is 11.4. The molecule has 0 radical (unpaired) electrons. The summed E-state index contributed by atoms with van der Waals surface area (Å²) in [7, 11) is 4.51. The maximum Gasteiger partial charge on any atom is 0.308 e. The number of methoxy groups -OCH3 is 3. The zero-order valence-corrected chi connectivity index (χ0v) is 17.6. The van der Waals surface area contributed by atoms with Crippen LogP contribution in [0.5, 0.6) is 23.0 Å². The SMILES string of the molecule is COc1ccccc1-c1n[nH]c(=S)n1N=Cc1cc(OC)c(OC(C)=O)c(OC)c1. The number of aromatic nitrogens is 3. The summed E-state index contributed by atoms with van der Waals surface area (Å²) in [4.78, 5) is 11.4. The molecule has 0 aliphatic rings. The summed E-state index contributed by atoms with van der Waals surface area (Å²) in [6.07, 6.45) is 1.56. The lowest BCUT2D eigenvalue weighted by molar-refractivity contribution is -0.132. The minimum absolute atomic E-state index is 0.194. The number of nitrogens with zero attached hydrogens (tertiary/aromatic N) is 3. The summed E-state index contributed by atoms with van der Waals surface area (Å²) < 4.78 is 23.1. The van der Waals surface area contributed by atoms with Crippen molar-refractivity contribution in [1.82, 2.24) is 14.9 Å². The molecule has 1 N–H and O–H groups in total. The zero-order valence-electron chi connectivity index (χ0n) is 16.8. The first-order valence-corrected chi connectivity index (χ1v) is 9.19. The van der Waals surface area contributed by atoms with E-state index in [4.69, 9.17) is 31.2 Å². The van der Waals surface area contributed by atoms with Gasteiger partial charge in [-0.2, -0.15) is 14.9 Å². The van der Waals surface area contributed by atoms with Crippen molar-refractivity contribution in [3.05, 3.63) is 46.7 Å². The van der Waals surface area contributed by atoms with E-state index < -0.39 is 5.97 Å². The number of aromatic amines is 1. The smallest absolute Gasteiger partial charge is 0.308 e. The van der Waals surface area contributed by atoms with Crippen molar-refractivity contribution in [2.75, 3.05) is 21.3 Å². The molecule has 3 rings (SSSR count). The van der Waals surface area contributed by atoms with E-state index in [0.717, 1.165) is 5.56 Å². The Hall–Kier alpha value is -3.66. The summed E-state index contributed by atoms with van der Waals surface area (Å²) in [6, 6.07) is 10.7. The van der Waals surface area contributed by atoms with Gasteiger partial charge in [0.15, 0.2) is 17.3 Å². The van der Waals surface area contributed by atoms with Gasteiger partial charge in [-0.3, -0.25) is 4.79 Å². The fourth-order valence-corrected chi connectivity index (χ4v) is 2.93. The van der Waals surface area contributed by atoms with Crippen LogP contribution in [0.25, 0.3) is 11.4 Å². The van der Waals surface area contributed by atoms with Gasteiger partial charge in [-0.1, -0.05) is 12.1 Å². The molecular formula is C20H20N4O5S. The topological polar surface area (TPSA) is 100.0 Å². The molecule has 0 aliphatic heterocycles. The molecule has 0 saturated heterocycles. The maximum atomic E-state index is 11.4. The number of benzene rings is 2. The predicted molar refractivity (Wildman–Crippen MR) is 113 cm³/mol. The first-order chi connectivity index (χ1) is 14.5. The fraction of sp³-hybridized carbons (Fsp3) is 0.200. The Morgan fingerprint density at radius 1 is 1.10 bits per heavy atom. The second kappa shape index (κ2) is 9.23. The molecule has 0 saturated carbocycles. The minimum atomic E-state index is -0.487. The average molecular weight is 428 g/mol. The highest BCUT2D eigenvalue weighted by Gasteiger charge is 2.16. The molecule has 0 fully saturated rings. The van der Waals surface area contributed by atoms with Gasteiger partial charge >= 0.3 is 5.97 Å². The lowest BCUT2D eigenvalue weighted by Crippen LogP contribution is -2.05. The van der Waals surface area contributed by atoms with Crippen molar-refractivity contribution in [2.24, 2.45) is 5.10 Å². The molecule has 156 valence electrons. The van der Waals surface area contributed by atoms with E-state index in [1.54, 1.807) is 25.5 Å². The van der Waals surface area contributed by atoms with Gasteiger partial charge in [0.2, 0.25) is 10.5 Å². The van der Waals surface area contributed by atoms with Crippen molar-refractivity contribution >= 4 is 24.4 Å². The van der Waals surface area contributed by atoms with Gasteiger partial charge in [0.1, 0.15) is 5.75 Å². The first kappa shape index (κ1) is 21.1.